The molecule has 0 saturated heterocycles. The van der Waals surface area contributed by atoms with Crippen molar-refractivity contribution in [2.45, 2.75) is 19.3 Å². The number of benzene rings is 2. The van der Waals surface area contributed by atoms with Crippen LogP contribution in [0.3, 0.4) is 0 Å². The third-order valence-electron chi connectivity index (χ3n) is 4.65. The van der Waals surface area contributed by atoms with Crippen LogP contribution in [0.1, 0.15) is 18.4 Å². The number of aromatic nitrogens is 2. The number of aromatic amines is 1. The van der Waals surface area contributed by atoms with Crippen molar-refractivity contribution in [3.05, 3.63) is 64.8 Å². The Morgan fingerprint density at radius 3 is 2.80 bits per heavy atom. The number of aryl methyl sites for hydroxylation is 1. The van der Waals surface area contributed by atoms with Crippen LogP contribution < -0.4 is 5.73 Å². The highest BCUT2D eigenvalue weighted by atomic mass is 79.9. The Morgan fingerprint density at radius 1 is 1.04 bits per heavy atom. The molecule has 2 heterocycles. The van der Waals surface area contributed by atoms with Crippen LogP contribution >= 0.6 is 15.9 Å². The van der Waals surface area contributed by atoms with Gasteiger partial charge in [-0.1, -0.05) is 40.2 Å². The van der Waals surface area contributed by atoms with Gasteiger partial charge in [0.2, 0.25) is 0 Å². The molecule has 0 aliphatic heterocycles. The largest absolute Gasteiger partial charge is 0.354 e. The summed E-state index contributed by atoms with van der Waals surface area (Å²) in [4.78, 5) is 8.27. The Morgan fingerprint density at radius 2 is 1.92 bits per heavy atom. The molecule has 0 spiro atoms. The third kappa shape index (κ3) is 3.08. The van der Waals surface area contributed by atoms with Gasteiger partial charge in [0.25, 0.3) is 0 Å². The number of pyridine rings is 1. The van der Waals surface area contributed by atoms with Gasteiger partial charge in [-0.15, -0.1) is 0 Å². The first-order valence-electron chi connectivity index (χ1n) is 8.62. The first-order valence-corrected chi connectivity index (χ1v) is 9.41. The number of H-pyrrole nitrogens is 1. The van der Waals surface area contributed by atoms with Crippen LogP contribution in [0.25, 0.3) is 33.1 Å². The maximum absolute atomic E-state index is 5.70. The monoisotopic (exact) mass is 393 g/mol. The molecule has 0 unspecified atom stereocenters. The molecule has 0 bridgehead atoms. The first kappa shape index (κ1) is 16.3. The molecular weight excluding hydrogens is 374 g/mol. The van der Waals surface area contributed by atoms with E-state index in [4.69, 9.17) is 5.73 Å². The molecule has 4 aromatic rings. The molecule has 0 aliphatic carbocycles. The minimum absolute atomic E-state index is 0.733. The van der Waals surface area contributed by atoms with Gasteiger partial charge in [-0.05, 0) is 55.6 Å². The molecule has 0 radical (unpaired) electrons. The van der Waals surface area contributed by atoms with Crippen LogP contribution in [0.15, 0.2) is 59.2 Å². The van der Waals surface area contributed by atoms with Crippen molar-refractivity contribution in [1.29, 1.82) is 0 Å². The fourth-order valence-corrected chi connectivity index (χ4v) is 3.82. The minimum Gasteiger partial charge on any atom is -0.354 e. The molecule has 126 valence electrons. The van der Waals surface area contributed by atoms with E-state index in [1.54, 1.807) is 0 Å². The molecule has 0 aliphatic rings. The lowest BCUT2D eigenvalue weighted by molar-refractivity contribution is 0.748. The van der Waals surface area contributed by atoms with Crippen molar-refractivity contribution in [2.24, 2.45) is 5.73 Å². The van der Waals surface area contributed by atoms with E-state index < -0.39 is 0 Å². The maximum atomic E-state index is 5.70. The van der Waals surface area contributed by atoms with Crippen LogP contribution in [0.2, 0.25) is 0 Å². The molecule has 3 nitrogen and oxygen atoms in total. The lowest BCUT2D eigenvalue weighted by Crippen LogP contribution is -1.99. The fourth-order valence-electron chi connectivity index (χ4n) is 3.46. The van der Waals surface area contributed by atoms with Gasteiger partial charge in [0.1, 0.15) is 0 Å². The summed E-state index contributed by atoms with van der Waals surface area (Å²) in [6.07, 6.45) is 4.99. The summed E-state index contributed by atoms with van der Waals surface area (Å²) in [6.45, 7) is 0.733. The standard InChI is InChI=1S/C21H20BrN3/c22-15-9-10-19-18(13-15)16(7-1-2-11-23)21(25-19)17-8-3-5-14-6-4-12-24-20(14)17/h3-6,8-10,12-13,25H,1-2,7,11,23H2. The van der Waals surface area contributed by atoms with E-state index in [0.29, 0.717) is 0 Å². The van der Waals surface area contributed by atoms with Gasteiger partial charge in [-0.25, -0.2) is 0 Å². The van der Waals surface area contributed by atoms with Crippen LogP contribution in [0, 0.1) is 0 Å². The van der Waals surface area contributed by atoms with E-state index in [2.05, 4.69) is 68.4 Å². The number of nitrogens with zero attached hydrogens (tertiary/aromatic N) is 1. The summed E-state index contributed by atoms with van der Waals surface area (Å²) >= 11 is 3.61. The van der Waals surface area contributed by atoms with Crippen LogP contribution in [0.5, 0.6) is 0 Å². The lowest BCUT2D eigenvalue weighted by atomic mass is 9.98. The van der Waals surface area contributed by atoms with Crippen molar-refractivity contribution in [1.82, 2.24) is 9.97 Å². The van der Waals surface area contributed by atoms with Gasteiger partial charge < -0.3 is 10.7 Å². The normalized spacial score (nSPS) is 11.4. The van der Waals surface area contributed by atoms with Gasteiger partial charge in [-0.3, -0.25) is 4.98 Å². The van der Waals surface area contributed by atoms with E-state index in [1.807, 2.05) is 12.3 Å². The minimum atomic E-state index is 0.733. The maximum Gasteiger partial charge on any atom is 0.0795 e. The zero-order valence-electron chi connectivity index (χ0n) is 13.9. The number of unbranched alkanes of at least 4 members (excludes halogenated alkanes) is 1. The zero-order chi connectivity index (χ0) is 17.2. The Balaban J connectivity index is 1.94. The molecule has 0 atom stereocenters. The number of rotatable bonds is 5. The summed E-state index contributed by atoms with van der Waals surface area (Å²) in [7, 11) is 0. The predicted molar refractivity (Wildman–Crippen MR) is 109 cm³/mol. The fraction of sp³-hybridized carbons (Fsp3) is 0.190. The molecule has 0 saturated carbocycles. The highest BCUT2D eigenvalue weighted by Crippen LogP contribution is 2.35. The molecule has 0 amide bonds. The number of para-hydroxylation sites is 1. The van der Waals surface area contributed by atoms with Crippen molar-refractivity contribution in [3.63, 3.8) is 0 Å². The average Bonchev–Trinajstić information content (AvgIpc) is 2.99. The van der Waals surface area contributed by atoms with Gasteiger partial charge in [0.15, 0.2) is 0 Å². The first-order chi connectivity index (χ1) is 12.3. The van der Waals surface area contributed by atoms with Gasteiger partial charge >= 0.3 is 0 Å². The van der Waals surface area contributed by atoms with Crippen molar-refractivity contribution >= 4 is 37.7 Å². The number of nitrogens with two attached hydrogens (primary N) is 1. The quantitative estimate of drug-likeness (QED) is 0.444. The molecule has 2 aromatic heterocycles. The Labute approximate surface area is 155 Å². The van der Waals surface area contributed by atoms with Gasteiger partial charge in [-0.2, -0.15) is 0 Å². The van der Waals surface area contributed by atoms with Gasteiger partial charge in [0.05, 0.1) is 11.2 Å². The second-order valence-corrected chi connectivity index (χ2v) is 7.21. The summed E-state index contributed by atoms with van der Waals surface area (Å²) in [6, 6.07) is 16.9. The average molecular weight is 394 g/mol. The molecule has 4 heteroatoms. The van der Waals surface area contributed by atoms with Crippen molar-refractivity contribution in [3.8, 4) is 11.3 Å². The van der Waals surface area contributed by atoms with E-state index in [9.17, 15) is 0 Å². The van der Waals surface area contributed by atoms with Crippen molar-refractivity contribution in [2.75, 3.05) is 6.54 Å². The number of hydrogen-bond donors (Lipinski definition) is 2. The van der Waals surface area contributed by atoms with E-state index in [0.717, 1.165) is 52.3 Å². The summed E-state index contributed by atoms with van der Waals surface area (Å²) in [5.74, 6) is 0. The number of fused-ring (bicyclic) bond motifs is 2. The van der Waals surface area contributed by atoms with E-state index in [1.165, 1.54) is 16.6 Å². The van der Waals surface area contributed by atoms with Crippen LogP contribution in [-0.4, -0.2) is 16.5 Å². The van der Waals surface area contributed by atoms with Crippen molar-refractivity contribution < 1.29 is 0 Å². The number of halogens is 1. The lowest BCUT2D eigenvalue weighted by Gasteiger charge is -2.08. The topological polar surface area (TPSA) is 54.7 Å². The van der Waals surface area contributed by atoms with Crippen LogP contribution in [0.4, 0.5) is 0 Å². The SMILES string of the molecule is NCCCCc1c(-c2cccc3cccnc23)[nH]c2ccc(Br)cc12. The summed E-state index contributed by atoms with van der Waals surface area (Å²) in [5, 5.41) is 2.43. The second-order valence-electron chi connectivity index (χ2n) is 6.29. The smallest absolute Gasteiger partial charge is 0.0795 e. The molecule has 4 rings (SSSR count). The second kappa shape index (κ2) is 6.98. The summed E-state index contributed by atoms with van der Waals surface area (Å²) in [5.41, 5.74) is 11.6. The number of hydrogen-bond acceptors (Lipinski definition) is 2. The molecule has 3 N–H and O–H groups in total. The Bertz CT molecular complexity index is 1030. The zero-order valence-corrected chi connectivity index (χ0v) is 15.5. The van der Waals surface area contributed by atoms with E-state index >= 15 is 0 Å². The highest BCUT2D eigenvalue weighted by Gasteiger charge is 2.15. The van der Waals surface area contributed by atoms with E-state index in [-0.39, 0.29) is 0 Å². The number of nitrogens with one attached hydrogen (secondary N) is 1. The third-order valence-corrected chi connectivity index (χ3v) is 5.14. The Kier molecular flexibility index (Phi) is 4.55. The predicted octanol–water partition coefficient (Wildman–Crippen LogP) is 5.43. The highest BCUT2D eigenvalue weighted by molar-refractivity contribution is 9.10. The Hall–Kier alpha value is -2.17. The molecular formula is C21H20BrN3. The summed E-state index contributed by atoms with van der Waals surface area (Å²) < 4.78 is 1.10. The molecule has 25 heavy (non-hydrogen) atoms. The molecule has 0 fully saturated rings. The van der Waals surface area contributed by atoms with Gasteiger partial charge in [0, 0.05) is 32.5 Å². The van der Waals surface area contributed by atoms with Crippen LogP contribution in [-0.2, 0) is 6.42 Å². The molecule has 2 aromatic carbocycles.